The van der Waals surface area contributed by atoms with Crippen LogP contribution in [0.2, 0.25) is 0 Å². The highest BCUT2D eigenvalue weighted by Gasteiger charge is 2.40. The lowest BCUT2D eigenvalue weighted by molar-refractivity contribution is -0.0578. The van der Waals surface area contributed by atoms with Crippen molar-refractivity contribution in [3.63, 3.8) is 0 Å². The van der Waals surface area contributed by atoms with E-state index < -0.39 is 5.60 Å². The molecule has 0 saturated heterocycles. The van der Waals surface area contributed by atoms with Crippen LogP contribution in [0.1, 0.15) is 32.8 Å². The molecular weight excluding hydrogens is 198 g/mol. The van der Waals surface area contributed by atoms with E-state index in [-0.39, 0.29) is 5.41 Å². The summed E-state index contributed by atoms with van der Waals surface area (Å²) >= 11 is 0. The van der Waals surface area contributed by atoms with E-state index in [1.54, 1.807) is 0 Å². The largest absolute Gasteiger partial charge is 0.389 e. The van der Waals surface area contributed by atoms with Crippen LogP contribution in [0.25, 0.3) is 0 Å². The second-order valence-electron chi connectivity index (χ2n) is 5.05. The molecule has 2 unspecified atom stereocenters. The summed E-state index contributed by atoms with van der Waals surface area (Å²) in [6.45, 7) is 6.52. The molecule has 0 fully saturated rings. The Labute approximate surface area is 98.5 Å². The maximum absolute atomic E-state index is 10.6. The molecule has 0 bridgehead atoms. The predicted molar refractivity (Wildman–Crippen MR) is 68.2 cm³/mol. The van der Waals surface area contributed by atoms with Gasteiger partial charge in [-0.15, -0.1) is 0 Å². The van der Waals surface area contributed by atoms with Crippen molar-refractivity contribution < 1.29 is 5.11 Å². The Balaban J connectivity index is 2.86. The van der Waals surface area contributed by atoms with Gasteiger partial charge in [-0.25, -0.2) is 0 Å². The number of nitrogens with two attached hydrogens (primary N) is 1. The Morgan fingerprint density at radius 3 is 2.19 bits per heavy atom. The van der Waals surface area contributed by atoms with Crippen molar-refractivity contribution in [2.24, 2.45) is 11.1 Å². The normalized spacial score (nSPS) is 18.8. The van der Waals surface area contributed by atoms with Crippen LogP contribution in [0.5, 0.6) is 0 Å². The fraction of sp³-hybridized carbons (Fsp3) is 0.571. The van der Waals surface area contributed by atoms with Gasteiger partial charge in [-0.05, 0) is 18.9 Å². The van der Waals surface area contributed by atoms with Crippen LogP contribution >= 0.6 is 0 Å². The van der Waals surface area contributed by atoms with Gasteiger partial charge in [0, 0.05) is 18.4 Å². The summed E-state index contributed by atoms with van der Waals surface area (Å²) < 4.78 is 0. The summed E-state index contributed by atoms with van der Waals surface area (Å²) in [5, 5.41) is 10.6. The van der Waals surface area contributed by atoms with Crippen LogP contribution in [0, 0.1) is 5.41 Å². The third-order valence-electron chi connectivity index (χ3n) is 3.92. The molecular formula is C14H23NO. The Hall–Kier alpha value is -0.860. The smallest absolute Gasteiger partial charge is 0.0725 e. The van der Waals surface area contributed by atoms with Crippen molar-refractivity contribution in [2.45, 2.75) is 39.2 Å². The first-order valence-electron chi connectivity index (χ1n) is 5.91. The van der Waals surface area contributed by atoms with Crippen LogP contribution in [0.15, 0.2) is 30.3 Å². The van der Waals surface area contributed by atoms with E-state index >= 15 is 0 Å². The van der Waals surface area contributed by atoms with Crippen molar-refractivity contribution in [3.05, 3.63) is 35.9 Å². The number of hydrogen-bond acceptors (Lipinski definition) is 2. The van der Waals surface area contributed by atoms with E-state index in [9.17, 15) is 5.11 Å². The van der Waals surface area contributed by atoms with Gasteiger partial charge in [0.2, 0.25) is 0 Å². The van der Waals surface area contributed by atoms with E-state index in [0.717, 1.165) is 12.0 Å². The molecule has 1 rings (SSSR count). The second-order valence-corrected chi connectivity index (χ2v) is 5.05. The average Bonchev–Trinajstić information content (AvgIpc) is 2.28. The molecule has 16 heavy (non-hydrogen) atoms. The van der Waals surface area contributed by atoms with Gasteiger partial charge in [0.25, 0.3) is 0 Å². The maximum Gasteiger partial charge on any atom is 0.0725 e. The van der Waals surface area contributed by atoms with Crippen LogP contribution in [0.4, 0.5) is 0 Å². The summed E-state index contributed by atoms with van der Waals surface area (Å²) in [6, 6.07) is 10.1. The lowest BCUT2D eigenvalue weighted by atomic mass is 9.69. The van der Waals surface area contributed by atoms with E-state index in [1.165, 1.54) is 0 Å². The number of hydrogen-bond donors (Lipinski definition) is 2. The first-order valence-corrected chi connectivity index (χ1v) is 5.91. The zero-order chi connectivity index (χ0) is 12.2. The van der Waals surface area contributed by atoms with E-state index in [4.69, 9.17) is 5.73 Å². The van der Waals surface area contributed by atoms with Gasteiger partial charge in [0.1, 0.15) is 0 Å². The zero-order valence-corrected chi connectivity index (χ0v) is 10.5. The minimum absolute atomic E-state index is 0.233. The number of rotatable bonds is 5. The Morgan fingerprint density at radius 1 is 1.19 bits per heavy atom. The van der Waals surface area contributed by atoms with Gasteiger partial charge in [-0.1, -0.05) is 44.2 Å². The van der Waals surface area contributed by atoms with E-state index in [0.29, 0.717) is 13.0 Å². The monoisotopic (exact) mass is 221 g/mol. The molecule has 1 aromatic carbocycles. The summed E-state index contributed by atoms with van der Waals surface area (Å²) in [6.07, 6.45) is 1.53. The lowest BCUT2D eigenvalue weighted by Crippen LogP contribution is -2.49. The molecule has 3 N–H and O–H groups in total. The summed E-state index contributed by atoms with van der Waals surface area (Å²) in [5.74, 6) is 0. The highest BCUT2D eigenvalue weighted by atomic mass is 16.3. The highest BCUT2D eigenvalue weighted by Crippen LogP contribution is 2.36. The van der Waals surface area contributed by atoms with E-state index in [2.05, 4.69) is 13.8 Å². The maximum atomic E-state index is 10.6. The third kappa shape index (κ3) is 2.63. The molecule has 0 aliphatic rings. The van der Waals surface area contributed by atoms with Gasteiger partial charge >= 0.3 is 0 Å². The van der Waals surface area contributed by atoms with Crippen LogP contribution < -0.4 is 5.73 Å². The van der Waals surface area contributed by atoms with Gasteiger partial charge in [0.05, 0.1) is 5.60 Å². The van der Waals surface area contributed by atoms with Gasteiger partial charge in [-0.3, -0.25) is 0 Å². The molecule has 2 atom stereocenters. The fourth-order valence-electron chi connectivity index (χ4n) is 1.95. The van der Waals surface area contributed by atoms with Gasteiger partial charge < -0.3 is 10.8 Å². The van der Waals surface area contributed by atoms with Crippen molar-refractivity contribution in [1.82, 2.24) is 0 Å². The Kier molecular flexibility index (Phi) is 4.11. The molecule has 1 aromatic rings. The molecule has 2 nitrogen and oxygen atoms in total. The third-order valence-corrected chi connectivity index (χ3v) is 3.92. The van der Waals surface area contributed by atoms with Gasteiger partial charge in [0.15, 0.2) is 0 Å². The number of aliphatic hydroxyl groups is 1. The molecule has 0 radical (unpaired) electrons. The van der Waals surface area contributed by atoms with Crippen LogP contribution in [-0.2, 0) is 6.42 Å². The van der Waals surface area contributed by atoms with Crippen LogP contribution in [0.3, 0.4) is 0 Å². The topological polar surface area (TPSA) is 46.2 Å². The number of benzene rings is 1. The first-order chi connectivity index (χ1) is 7.45. The van der Waals surface area contributed by atoms with Crippen molar-refractivity contribution in [2.75, 3.05) is 6.54 Å². The molecule has 0 aromatic heterocycles. The van der Waals surface area contributed by atoms with Crippen molar-refractivity contribution >= 4 is 0 Å². The molecule has 2 heteroatoms. The van der Waals surface area contributed by atoms with Crippen LogP contribution in [-0.4, -0.2) is 17.3 Å². The second kappa shape index (κ2) is 4.98. The predicted octanol–water partition coefficient (Wildman–Crippen LogP) is 2.36. The minimum Gasteiger partial charge on any atom is -0.389 e. The standard InChI is InChI=1S/C14H23NO/c1-4-13(2,11-15)14(3,16)10-12-8-6-5-7-9-12/h5-9,16H,4,10-11,15H2,1-3H3. The molecule has 0 spiro atoms. The quantitative estimate of drug-likeness (QED) is 0.801. The molecule has 0 heterocycles. The summed E-state index contributed by atoms with van der Waals surface area (Å²) in [7, 11) is 0. The van der Waals surface area contributed by atoms with Gasteiger partial charge in [-0.2, -0.15) is 0 Å². The van der Waals surface area contributed by atoms with Crippen molar-refractivity contribution in [3.8, 4) is 0 Å². The minimum atomic E-state index is -0.766. The lowest BCUT2D eigenvalue weighted by Gasteiger charge is -2.42. The summed E-state index contributed by atoms with van der Waals surface area (Å²) in [5.41, 5.74) is 5.95. The van der Waals surface area contributed by atoms with E-state index in [1.807, 2.05) is 37.3 Å². The molecule has 0 amide bonds. The highest BCUT2D eigenvalue weighted by molar-refractivity contribution is 5.18. The Morgan fingerprint density at radius 2 is 1.75 bits per heavy atom. The molecule has 0 aliphatic carbocycles. The average molecular weight is 221 g/mol. The fourth-order valence-corrected chi connectivity index (χ4v) is 1.95. The first kappa shape index (κ1) is 13.2. The Bertz CT molecular complexity index is 315. The molecule has 0 saturated carbocycles. The summed E-state index contributed by atoms with van der Waals surface area (Å²) in [4.78, 5) is 0. The van der Waals surface area contributed by atoms with Crippen molar-refractivity contribution in [1.29, 1.82) is 0 Å². The zero-order valence-electron chi connectivity index (χ0n) is 10.5. The molecule has 90 valence electrons. The molecule has 0 aliphatic heterocycles. The SMILES string of the molecule is CCC(C)(CN)C(C)(O)Cc1ccccc1.